The summed E-state index contributed by atoms with van der Waals surface area (Å²) in [6, 6.07) is 10.1. The highest BCUT2D eigenvalue weighted by Crippen LogP contribution is 2.32. The van der Waals surface area contributed by atoms with Crippen molar-refractivity contribution in [1.29, 1.82) is 0 Å². The van der Waals surface area contributed by atoms with Crippen molar-refractivity contribution in [3.63, 3.8) is 0 Å². The fraction of sp³-hybridized carbons (Fsp3) is 0.389. The van der Waals surface area contributed by atoms with Crippen molar-refractivity contribution in [1.82, 2.24) is 14.9 Å². The molecule has 0 atom stereocenters. The van der Waals surface area contributed by atoms with Crippen molar-refractivity contribution in [3.8, 4) is 0 Å². The third-order valence-electron chi connectivity index (χ3n) is 4.58. The second-order valence-corrected chi connectivity index (χ2v) is 6.22. The number of rotatable bonds is 2. The average Bonchev–Trinajstić information content (AvgIpc) is 3.23. The third-order valence-corrected chi connectivity index (χ3v) is 4.58. The Morgan fingerprint density at radius 1 is 1.09 bits per heavy atom. The molecule has 5 nitrogen and oxygen atoms in total. The number of carbonyl (C=O) groups excluding carboxylic acids is 1. The van der Waals surface area contributed by atoms with Gasteiger partial charge in [-0.05, 0) is 43.9 Å². The summed E-state index contributed by atoms with van der Waals surface area (Å²) in [7, 11) is 0. The molecule has 0 spiro atoms. The van der Waals surface area contributed by atoms with E-state index in [9.17, 15) is 4.79 Å². The lowest BCUT2D eigenvalue weighted by Gasteiger charge is -2.20. The number of hydrogen-bond acceptors (Lipinski definition) is 4. The minimum Gasteiger partial charge on any atom is -0.337 e. The third kappa shape index (κ3) is 2.56. The maximum atomic E-state index is 12.6. The summed E-state index contributed by atoms with van der Waals surface area (Å²) in [4.78, 5) is 25.8. The van der Waals surface area contributed by atoms with Crippen molar-refractivity contribution < 1.29 is 4.79 Å². The molecule has 0 aliphatic carbocycles. The zero-order valence-electron chi connectivity index (χ0n) is 13.3. The Bertz CT molecular complexity index is 752. The lowest BCUT2D eigenvalue weighted by Crippen LogP contribution is -2.29. The Balaban J connectivity index is 1.69. The van der Waals surface area contributed by atoms with E-state index in [-0.39, 0.29) is 5.91 Å². The molecule has 0 saturated carbocycles. The quantitative estimate of drug-likeness (QED) is 0.856. The fourth-order valence-electron chi connectivity index (χ4n) is 3.41. The summed E-state index contributed by atoms with van der Waals surface area (Å²) in [6.07, 6.45) is 3.16. The van der Waals surface area contributed by atoms with E-state index in [1.54, 1.807) is 6.07 Å². The molecule has 1 fully saturated rings. The van der Waals surface area contributed by atoms with Gasteiger partial charge < -0.3 is 9.80 Å². The van der Waals surface area contributed by atoms with Gasteiger partial charge in [0.2, 0.25) is 5.95 Å². The lowest BCUT2D eigenvalue weighted by atomic mass is 10.2. The smallest absolute Gasteiger partial charge is 0.272 e. The van der Waals surface area contributed by atoms with Crippen LogP contribution >= 0.6 is 0 Å². The predicted octanol–water partition coefficient (Wildman–Crippen LogP) is 2.72. The van der Waals surface area contributed by atoms with Crippen LogP contribution in [0.4, 0.5) is 11.6 Å². The van der Waals surface area contributed by atoms with E-state index < -0.39 is 0 Å². The van der Waals surface area contributed by atoms with Gasteiger partial charge in [0.25, 0.3) is 5.91 Å². The van der Waals surface area contributed by atoms with Gasteiger partial charge in [0, 0.05) is 31.0 Å². The molecule has 0 N–H and O–H groups in total. The predicted molar refractivity (Wildman–Crippen MR) is 89.1 cm³/mol. The molecule has 5 heteroatoms. The lowest BCUT2D eigenvalue weighted by molar-refractivity contribution is 0.0787. The number of amides is 1. The molecule has 0 radical (unpaired) electrons. The molecule has 3 heterocycles. The summed E-state index contributed by atoms with van der Waals surface area (Å²) in [5, 5.41) is 0. The summed E-state index contributed by atoms with van der Waals surface area (Å²) in [5.74, 6) is 0.666. The minimum absolute atomic E-state index is 0.0294. The highest BCUT2D eigenvalue weighted by atomic mass is 16.2. The minimum atomic E-state index is 0.0294. The monoisotopic (exact) mass is 308 g/mol. The SMILES string of the molecule is Cc1cc(C(=O)N2CCCC2)nc(N2CCc3ccccc32)n1. The molecule has 118 valence electrons. The van der Waals surface area contributed by atoms with Crippen LogP contribution in [0.5, 0.6) is 0 Å². The molecule has 23 heavy (non-hydrogen) atoms. The van der Waals surface area contributed by atoms with E-state index in [0.29, 0.717) is 11.6 Å². The molecule has 4 rings (SSSR count). The van der Waals surface area contributed by atoms with Gasteiger partial charge in [-0.25, -0.2) is 9.97 Å². The van der Waals surface area contributed by atoms with Gasteiger partial charge in [-0.15, -0.1) is 0 Å². The largest absolute Gasteiger partial charge is 0.337 e. The highest BCUT2D eigenvalue weighted by molar-refractivity contribution is 5.93. The fourth-order valence-corrected chi connectivity index (χ4v) is 3.41. The Kier molecular flexibility index (Phi) is 3.48. The Labute approximate surface area is 136 Å². The first-order chi connectivity index (χ1) is 11.2. The number of fused-ring (bicyclic) bond motifs is 1. The van der Waals surface area contributed by atoms with Crippen LogP contribution in [0.25, 0.3) is 0 Å². The van der Waals surface area contributed by atoms with Gasteiger partial charge in [0.1, 0.15) is 5.69 Å². The number of likely N-dealkylation sites (tertiary alicyclic amines) is 1. The number of nitrogens with zero attached hydrogens (tertiary/aromatic N) is 4. The number of anilines is 2. The summed E-state index contributed by atoms with van der Waals surface area (Å²) < 4.78 is 0. The van der Waals surface area contributed by atoms with Crippen LogP contribution < -0.4 is 4.90 Å². The van der Waals surface area contributed by atoms with E-state index in [1.165, 1.54) is 5.56 Å². The van der Waals surface area contributed by atoms with Gasteiger partial charge in [0.15, 0.2) is 0 Å². The maximum Gasteiger partial charge on any atom is 0.272 e. The topological polar surface area (TPSA) is 49.3 Å². The van der Waals surface area contributed by atoms with Crippen LogP contribution in [0.15, 0.2) is 30.3 Å². The molecule has 0 bridgehead atoms. The molecule has 2 aromatic rings. The first-order valence-electron chi connectivity index (χ1n) is 8.23. The van der Waals surface area contributed by atoms with Crippen LogP contribution in [0, 0.1) is 6.92 Å². The second-order valence-electron chi connectivity index (χ2n) is 6.22. The number of aryl methyl sites for hydroxylation is 1. The van der Waals surface area contributed by atoms with Gasteiger partial charge in [0.05, 0.1) is 0 Å². The molecule has 1 aromatic carbocycles. The van der Waals surface area contributed by atoms with Crippen LogP contribution in [0.1, 0.15) is 34.6 Å². The maximum absolute atomic E-state index is 12.6. The Morgan fingerprint density at radius 3 is 2.70 bits per heavy atom. The van der Waals surface area contributed by atoms with Crippen molar-refractivity contribution in [2.45, 2.75) is 26.2 Å². The Morgan fingerprint density at radius 2 is 1.87 bits per heavy atom. The molecule has 1 aromatic heterocycles. The first-order valence-corrected chi connectivity index (χ1v) is 8.23. The van der Waals surface area contributed by atoms with Crippen molar-refractivity contribution in [2.24, 2.45) is 0 Å². The molecule has 2 aliphatic heterocycles. The molecular weight excluding hydrogens is 288 g/mol. The van der Waals surface area contributed by atoms with Gasteiger partial charge >= 0.3 is 0 Å². The number of hydrogen-bond donors (Lipinski definition) is 0. The van der Waals surface area contributed by atoms with E-state index in [2.05, 4.69) is 33.1 Å². The number of aromatic nitrogens is 2. The van der Waals surface area contributed by atoms with Gasteiger partial charge in [-0.2, -0.15) is 0 Å². The van der Waals surface area contributed by atoms with E-state index in [0.717, 1.165) is 50.3 Å². The summed E-state index contributed by atoms with van der Waals surface area (Å²) >= 11 is 0. The molecule has 2 aliphatic rings. The Hall–Kier alpha value is -2.43. The van der Waals surface area contributed by atoms with Crippen molar-refractivity contribution in [2.75, 3.05) is 24.5 Å². The van der Waals surface area contributed by atoms with Crippen LogP contribution in [-0.2, 0) is 6.42 Å². The van der Waals surface area contributed by atoms with Crippen LogP contribution in [0.2, 0.25) is 0 Å². The normalized spacial score (nSPS) is 16.7. The number of para-hydroxylation sites is 1. The first kappa shape index (κ1) is 14.2. The number of benzene rings is 1. The van der Waals surface area contributed by atoms with Gasteiger partial charge in [-0.3, -0.25) is 4.79 Å². The van der Waals surface area contributed by atoms with Crippen molar-refractivity contribution >= 4 is 17.5 Å². The van der Waals surface area contributed by atoms with E-state index >= 15 is 0 Å². The van der Waals surface area contributed by atoms with Crippen LogP contribution in [-0.4, -0.2) is 40.4 Å². The van der Waals surface area contributed by atoms with E-state index in [1.807, 2.05) is 17.9 Å². The van der Waals surface area contributed by atoms with E-state index in [4.69, 9.17) is 0 Å². The standard InChI is InChI=1S/C18H20N4O/c1-13-12-15(17(23)21-9-4-5-10-21)20-18(19-13)22-11-8-14-6-2-3-7-16(14)22/h2-3,6-7,12H,4-5,8-11H2,1H3. The molecular formula is C18H20N4O. The molecule has 1 saturated heterocycles. The molecule has 1 amide bonds. The summed E-state index contributed by atoms with van der Waals surface area (Å²) in [5.41, 5.74) is 3.81. The van der Waals surface area contributed by atoms with Gasteiger partial charge in [-0.1, -0.05) is 18.2 Å². The molecule has 0 unspecified atom stereocenters. The zero-order valence-corrected chi connectivity index (χ0v) is 13.3. The highest BCUT2D eigenvalue weighted by Gasteiger charge is 2.25. The van der Waals surface area contributed by atoms with Crippen molar-refractivity contribution in [3.05, 3.63) is 47.3 Å². The summed E-state index contributed by atoms with van der Waals surface area (Å²) in [6.45, 7) is 4.46. The second kappa shape index (κ2) is 5.65. The van der Waals surface area contributed by atoms with Crippen LogP contribution in [0.3, 0.4) is 0 Å². The number of carbonyl (C=O) groups is 1. The average molecular weight is 308 g/mol. The zero-order chi connectivity index (χ0) is 15.8.